The van der Waals surface area contributed by atoms with Crippen LogP contribution in [0, 0.1) is 0 Å². The number of halogens is 1. The molecule has 3 aromatic rings. The second kappa shape index (κ2) is 9.00. The van der Waals surface area contributed by atoms with Gasteiger partial charge < -0.3 is 10.7 Å². The first-order valence-corrected chi connectivity index (χ1v) is 11.0. The molecule has 0 radical (unpaired) electrons. The van der Waals surface area contributed by atoms with Crippen LogP contribution in [0.1, 0.15) is 26.3 Å². The Balaban J connectivity index is 1.73. The summed E-state index contributed by atoms with van der Waals surface area (Å²) in [6, 6.07) is 17.7. The molecule has 0 spiro atoms. The second-order valence-corrected chi connectivity index (χ2v) is 9.38. The van der Waals surface area contributed by atoms with E-state index in [0.29, 0.717) is 17.5 Å². The summed E-state index contributed by atoms with van der Waals surface area (Å²) >= 11 is 4.80. The predicted molar refractivity (Wildman–Crippen MR) is 121 cm³/mol. The second-order valence-electron chi connectivity index (χ2n) is 7.58. The lowest BCUT2D eigenvalue weighted by Gasteiger charge is -2.36. The van der Waals surface area contributed by atoms with Crippen LogP contribution in [-0.2, 0) is 11.3 Å². The zero-order valence-corrected chi connectivity index (χ0v) is 19.1. The number of benzene rings is 2. The standard InChI is InChI=1S/C21H24BrN5OS/c1-21(2,3)26(13-15-9-5-4-6-10-15)18(28)14-29-20-25-24-19(27(20)23)16-11-7-8-12-17(16)22/h4-12H,13-14,23H2,1-3H3. The zero-order chi connectivity index (χ0) is 21.0. The van der Waals surface area contributed by atoms with Crippen LogP contribution in [0.15, 0.2) is 64.2 Å². The molecule has 2 aromatic carbocycles. The molecular weight excluding hydrogens is 450 g/mol. The summed E-state index contributed by atoms with van der Waals surface area (Å²) < 4.78 is 2.31. The highest BCUT2D eigenvalue weighted by Crippen LogP contribution is 2.28. The van der Waals surface area contributed by atoms with E-state index in [4.69, 9.17) is 5.84 Å². The summed E-state index contributed by atoms with van der Waals surface area (Å²) in [5.74, 6) is 7.00. The molecule has 0 bridgehead atoms. The number of carbonyl (C=O) groups is 1. The van der Waals surface area contributed by atoms with Crippen molar-refractivity contribution in [2.75, 3.05) is 11.6 Å². The van der Waals surface area contributed by atoms with Gasteiger partial charge in [-0.15, -0.1) is 10.2 Å². The van der Waals surface area contributed by atoms with Crippen molar-refractivity contribution in [3.05, 3.63) is 64.6 Å². The van der Waals surface area contributed by atoms with Gasteiger partial charge in [-0.05, 0) is 38.5 Å². The summed E-state index contributed by atoms with van der Waals surface area (Å²) in [7, 11) is 0. The molecule has 8 heteroatoms. The number of nitrogen functional groups attached to an aromatic ring is 1. The van der Waals surface area contributed by atoms with Gasteiger partial charge in [0.2, 0.25) is 11.1 Å². The van der Waals surface area contributed by atoms with Crippen molar-refractivity contribution < 1.29 is 4.79 Å². The number of nitrogens with two attached hydrogens (primary N) is 1. The van der Waals surface area contributed by atoms with Gasteiger partial charge in [0, 0.05) is 22.1 Å². The third-order valence-corrected chi connectivity index (χ3v) is 6.02. The summed E-state index contributed by atoms with van der Waals surface area (Å²) in [5.41, 5.74) is 1.64. The SMILES string of the molecule is CC(C)(C)N(Cc1ccccc1)C(=O)CSc1nnc(-c2ccccc2Br)n1N. The number of hydrogen-bond donors (Lipinski definition) is 1. The van der Waals surface area contributed by atoms with E-state index in [9.17, 15) is 4.79 Å². The number of carbonyl (C=O) groups excluding carboxylic acids is 1. The molecule has 0 aliphatic carbocycles. The molecule has 29 heavy (non-hydrogen) atoms. The van der Waals surface area contributed by atoms with Crippen molar-refractivity contribution in [3.63, 3.8) is 0 Å². The first kappa shape index (κ1) is 21.4. The Morgan fingerprint density at radius 3 is 2.41 bits per heavy atom. The van der Waals surface area contributed by atoms with Crippen LogP contribution in [0.3, 0.4) is 0 Å². The minimum atomic E-state index is -0.302. The molecule has 2 N–H and O–H groups in total. The minimum Gasteiger partial charge on any atom is -0.335 e. The van der Waals surface area contributed by atoms with Crippen LogP contribution in [0.2, 0.25) is 0 Å². The van der Waals surface area contributed by atoms with Crippen molar-refractivity contribution >= 4 is 33.6 Å². The third-order valence-electron chi connectivity index (χ3n) is 4.40. The van der Waals surface area contributed by atoms with Gasteiger partial charge in [-0.3, -0.25) is 4.79 Å². The Bertz CT molecular complexity index is 984. The minimum absolute atomic E-state index is 0.0248. The maximum atomic E-state index is 13.0. The molecule has 1 aromatic heterocycles. The average molecular weight is 474 g/mol. The lowest BCUT2D eigenvalue weighted by molar-refractivity contribution is -0.133. The number of rotatable bonds is 6. The normalized spacial score (nSPS) is 11.4. The number of aromatic nitrogens is 3. The molecule has 0 unspecified atom stereocenters. The summed E-state index contributed by atoms with van der Waals surface area (Å²) in [4.78, 5) is 14.9. The molecule has 3 rings (SSSR count). The van der Waals surface area contributed by atoms with E-state index in [1.807, 2.05) is 80.3 Å². The Morgan fingerprint density at radius 2 is 1.76 bits per heavy atom. The lowest BCUT2D eigenvalue weighted by atomic mass is 10.0. The van der Waals surface area contributed by atoms with E-state index in [1.54, 1.807) is 0 Å². The summed E-state index contributed by atoms with van der Waals surface area (Å²) in [6.07, 6.45) is 0. The van der Waals surface area contributed by atoms with E-state index >= 15 is 0 Å². The van der Waals surface area contributed by atoms with Gasteiger partial charge >= 0.3 is 0 Å². The number of hydrogen-bond acceptors (Lipinski definition) is 5. The Morgan fingerprint density at radius 1 is 1.10 bits per heavy atom. The van der Waals surface area contributed by atoms with E-state index in [2.05, 4.69) is 26.1 Å². The summed E-state index contributed by atoms with van der Waals surface area (Å²) in [5, 5.41) is 8.87. The molecule has 1 heterocycles. The third kappa shape index (κ3) is 5.19. The monoisotopic (exact) mass is 473 g/mol. The topological polar surface area (TPSA) is 77.0 Å². The molecule has 0 atom stereocenters. The van der Waals surface area contributed by atoms with Gasteiger partial charge in [-0.25, -0.2) is 4.68 Å². The van der Waals surface area contributed by atoms with Crippen LogP contribution in [-0.4, -0.2) is 37.0 Å². The Kier molecular flexibility index (Phi) is 6.64. The summed E-state index contributed by atoms with van der Waals surface area (Å²) in [6.45, 7) is 6.67. The molecule has 0 saturated heterocycles. The number of nitrogens with zero attached hydrogens (tertiary/aromatic N) is 4. The van der Waals surface area contributed by atoms with Crippen molar-refractivity contribution in [2.45, 2.75) is 38.0 Å². The largest absolute Gasteiger partial charge is 0.335 e. The molecule has 1 amide bonds. The van der Waals surface area contributed by atoms with Gasteiger partial charge in [-0.2, -0.15) is 0 Å². The molecule has 6 nitrogen and oxygen atoms in total. The first-order valence-electron chi connectivity index (χ1n) is 9.20. The molecule has 0 fully saturated rings. The van der Waals surface area contributed by atoms with Crippen molar-refractivity contribution in [3.8, 4) is 11.4 Å². The van der Waals surface area contributed by atoms with Crippen LogP contribution < -0.4 is 5.84 Å². The molecule has 0 saturated carbocycles. The molecular formula is C21H24BrN5OS. The van der Waals surface area contributed by atoms with Crippen LogP contribution in [0.25, 0.3) is 11.4 Å². The van der Waals surface area contributed by atoms with Crippen molar-refractivity contribution in [2.24, 2.45) is 0 Å². The Hall–Kier alpha value is -2.32. The van der Waals surface area contributed by atoms with Crippen molar-refractivity contribution in [1.29, 1.82) is 0 Å². The fraction of sp³-hybridized carbons (Fsp3) is 0.286. The highest BCUT2D eigenvalue weighted by Gasteiger charge is 2.27. The highest BCUT2D eigenvalue weighted by atomic mass is 79.9. The quantitative estimate of drug-likeness (QED) is 0.425. The number of thioether (sulfide) groups is 1. The average Bonchev–Trinajstić information content (AvgIpc) is 3.05. The number of amides is 1. The molecule has 0 aliphatic rings. The van der Waals surface area contributed by atoms with Crippen molar-refractivity contribution in [1.82, 2.24) is 19.8 Å². The van der Waals surface area contributed by atoms with Gasteiger partial charge in [0.15, 0.2) is 5.82 Å². The molecule has 0 aliphatic heterocycles. The maximum Gasteiger partial charge on any atom is 0.233 e. The highest BCUT2D eigenvalue weighted by molar-refractivity contribution is 9.10. The van der Waals surface area contributed by atoms with E-state index < -0.39 is 0 Å². The maximum absolute atomic E-state index is 13.0. The van der Waals surface area contributed by atoms with E-state index in [-0.39, 0.29) is 17.2 Å². The van der Waals surface area contributed by atoms with E-state index in [0.717, 1.165) is 15.6 Å². The zero-order valence-electron chi connectivity index (χ0n) is 16.7. The molecule has 152 valence electrons. The predicted octanol–water partition coefficient (Wildman–Crippen LogP) is 4.34. The van der Waals surface area contributed by atoms with Gasteiger partial charge in [-0.1, -0.05) is 70.2 Å². The smallest absolute Gasteiger partial charge is 0.233 e. The lowest BCUT2D eigenvalue weighted by Crippen LogP contribution is -2.46. The van der Waals surface area contributed by atoms with Crippen LogP contribution in [0.4, 0.5) is 0 Å². The fourth-order valence-corrected chi connectivity index (χ4v) is 4.07. The van der Waals surface area contributed by atoms with Crippen LogP contribution >= 0.6 is 27.7 Å². The van der Waals surface area contributed by atoms with Gasteiger partial charge in [0.1, 0.15) is 0 Å². The van der Waals surface area contributed by atoms with Gasteiger partial charge in [0.05, 0.1) is 5.75 Å². The fourth-order valence-electron chi connectivity index (χ4n) is 2.87. The van der Waals surface area contributed by atoms with E-state index in [1.165, 1.54) is 16.4 Å². The van der Waals surface area contributed by atoms with Crippen LogP contribution in [0.5, 0.6) is 0 Å². The van der Waals surface area contributed by atoms with Gasteiger partial charge in [0.25, 0.3) is 0 Å². The first-order chi connectivity index (χ1) is 13.8. The Labute approximate surface area is 183 Å².